The summed E-state index contributed by atoms with van der Waals surface area (Å²) in [7, 11) is -1.88. The lowest BCUT2D eigenvalue weighted by Gasteiger charge is -2.13. The monoisotopic (exact) mass is 369 g/mol. The van der Waals surface area contributed by atoms with E-state index in [0.29, 0.717) is 5.56 Å². The van der Waals surface area contributed by atoms with E-state index in [9.17, 15) is 17.6 Å². The molecule has 25 heavy (non-hydrogen) atoms. The van der Waals surface area contributed by atoms with Crippen molar-refractivity contribution in [3.05, 3.63) is 34.8 Å². The lowest BCUT2D eigenvalue weighted by molar-refractivity contribution is -0.121. The van der Waals surface area contributed by atoms with Crippen molar-refractivity contribution in [1.82, 2.24) is 14.6 Å². The molecule has 0 aliphatic carbocycles. The van der Waals surface area contributed by atoms with Crippen LogP contribution in [0, 0.1) is 12.7 Å². The summed E-state index contributed by atoms with van der Waals surface area (Å²) in [4.78, 5) is 15.3. The zero-order chi connectivity index (χ0) is 18.8. The Balaban J connectivity index is 2.09. The number of aromatic amines is 1. The van der Waals surface area contributed by atoms with Crippen molar-refractivity contribution in [2.45, 2.75) is 33.2 Å². The van der Waals surface area contributed by atoms with E-state index in [2.05, 4.69) is 10.3 Å². The summed E-state index contributed by atoms with van der Waals surface area (Å²) in [5.74, 6) is -0.634. The van der Waals surface area contributed by atoms with Crippen LogP contribution in [0.25, 0.3) is 10.9 Å². The molecule has 1 aromatic carbocycles. The van der Waals surface area contributed by atoms with E-state index in [0.717, 1.165) is 39.1 Å². The molecule has 2 rings (SSSR count). The molecule has 0 aliphatic rings. The minimum Gasteiger partial charge on any atom is -0.358 e. The molecule has 2 aromatic rings. The number of carbonyl (C=O) groups is 1. The predicted molar refractivity (Wildman–Crippen MR) is 96.3 cm³/mol. The molecule has 6 nitrogen and oxygen atoms in total. The van der Waals surface area contributed by atoms with Gasteiger partial charge in [-0.2, -0.15) is 0 Å². The van der Waals surface area contributed by atoms with Gasteiger partial charge in [-0.3, -0.25) is 4.79 Å². The summed E-state index contributed by atoms with van der Waals surface area (Å²) in [5.41, 5.74) is 3.55. The number of hydrogen-bond acceptors (Lipinski definition) is 3. The molecule has 0 bridgehead atoms. The third kappa shape index (κ3) is 4.58. The third-order valence-electron chi connectivity index (χ3n) is 4.37. The summed E-state index contributed by atoms with van der Waals surface area (Å²) in [6.45, 7) is 4.25. The van der Waals surface area contributed by atoms with E-state index in [1.165, 1.54) is 19.2 Å². The van der Waals surface area contributed by atoms with E-state index >= 15 is 0 Å². The fraction of sp³-hybridized carbons (Fsp3) is 0.471. The second-order valence-corrected chi connectivity index (χ2v) is 8.27. The number of amides is 1. The first kappa shape index (κ1) is 19.4. The van der Waals surface area contributed by atoms with Crippen LogP contribution < -0.4 is 5.32 Å². The van der Waals surface area contributed by atoms with Gasteiger partial charge in [-0.1, -0.05) is 6.92 Å². The Morgan fingerprint density at radius 2 is 2.04 bits per heavy atom. The van der Waals surface area contributed by atoms with Gasteiger partial charge in [0.1, 0.15) is 5.82 Å². The maximum atomic E-state index is 13.9. The first-order chi connectivity index (χ1) is 11.6. The number of carbonyl (C=O) groups excluding carboxylic acids is 1. The number of sulfonamides is 1. The van der Waals surface area contributed by atoms with Gasteiger partial charge in [0.15, 0.2) is 0 Å². The Morgan fingerprint density at radius 1 is 1.36 bits per heavy atom. The van der Waals surface area contributed by atoms with Crippen molar-refractivity contribution in [2.24, 2.45) is 0 Å². The maximum Gasteiger partial charge on any atom is 0.221 e. The number of fused-ring (bicyclic) bond motifs is 1. The normalized spacial score (nSPS) is 12.1. The van der Waals surface area contributed by atoms with Crippen LogP contribution >= 0.6 is 0 Å². The van der Waals surface area contributed by atoms with Gasteiger partial charge in [-0.25, -0.2) is 17.1 Å². The molecule has 1 amide bonds. The highest BCUT2D eigenvalue weighted by molar-refractivity contribution is 7.88. The van der Waals surface area contributed by atoms with E-state index < -0.39 is 10.0 Å². The van der Waals surface area contributed by atoms with E-state index in [1.807, 2.05) is 13.8 Å². The van der Waals surface area contributed by atoms with Crippen molar-refractivity contribution < 1.29 is 17.6 Å². The van der Waals surface area contributed by atoms with Gasteiger partial charge < -0.3 is 10.3 Å². The van der Waals surface area contributed by atoms with Gasteiger partial charge in [0.25, 0.3) is 0 Å². The molecule has 138 valence electrons. The van der Waals surface area contributed by atoms with Crippen LogP contribution in [0.4, 0.5) is 4.39 Å². The number of hydrogen-bond donors (Lipinski definition) is 2. The fourth-order valence-electron chi connectivity index (χ4n) is 2.71. The van der Waals surface area contributed by atoms with Crippen LogP contribution in [-0.2, 0) is 27.8 Å². The number of halogens is 1. The number of aryl methyl sites for hydroxylation is 2. The van der Waals surface area contributed by atoms with Crippen molar-refractivity contribution in [3.63, 3.8) is 0 Å². The van der Waals surface area contributed by atoms with E-state index in [4.69, 9.17) is 0 Å². The second-order valence-electron chi connectivity index (χ2n) is 6.18. The van der Waals surface area contributed by atoms with E-state index in [1.54, 1.807) is 0 Å². The summed E-state index contributed by atoms with van der Waals surface area (Å²) in [6, 6.07) is 2.90. The van der Waals surface area contributed by atoms with Gasteiger partial charge in [-0.05, 0) is 36.6 Å². The molecule has 0 fully saturated rings. The van der Waals surface area contributed by atoms with Crippen LogP contribution in [0.3, 0.4) is 0 Å². The van der Waals surface area contributed by atoms with Gasteiger partial charge >= 0.3 is 0 Å². The van der Waals surface area contributed by atoms with Gasteiger partial charge in [0.05, 0.1) is 11.8 Å². The van der Waals surface area contributed by atoms with Crippen LogP contribution in [-0.4, -0.2) is 43.5 Å². The number of nitrogens with zero attached hydrogens (tertiary/aromatic N) is 1. The van der Waals surface area contributed by atoms with Crippen LogP contribution in [0.2, 0.25) is 0 Å². The molecule has 1 aromatic heterocycles. The summed E-state index contributed by atoms with van der Waals surface area (Å²) in [5, 5.41) is 3.54. The molecule has 0 saturated heterocycles. The SMILES string of the molecule is CCc1[nH]c2c(CNC(=O)CCN(C)S(C)(=O)=O)cc(F)cc2c1C. The summed E-state index contributed by atoms with van der Waals surface area (Å²) >= 11 is 0. The van der Waals surface area contributed by atoms with Gasteiger partial charge in [-0.15, -0.1) is 0 Å². The van der Waals surface area contributed by atoms with Crippen LogP contribution in [0.5, 0.6) is 0 Å². The Kier molecular flexibility index (Phi) is 5.84. The molecular weight excluding hydrogens is 345 g/mol. The number of nitrogens with one attached hydrogen (secondary N) is 2. The Bertz CT molecular complexity index is 890. The fourth-order valence-corrected chi connectivity index (χ4v) is 3.14. The largest absolute Gasteiger partial charge is 0.358 e. The molecular formula is C17H24FN3O3S. The molecule has 0 atom stereocenters. The maximum absolute atomic E-state index is 13.9. The number of H-pyrrole nitrogens is 1. The van der Waals surface area contributed by atoms with Crippen molar-refractivity contribution in [2.75, 3.05) is 19.8 Å². The molecule has 2 N–H and O–H groups in total. The van der Waals surface area contributed by atoms with Crippen molar-refractivity contribution in [1.29, 1.82) is 0 Å². The lowest BCUT2D eigenvalue weighted by Crippen LogP contribution is -2.31. The molecule has 1 heterocycles. The molecule has 0 saturated carbocycles. The van der Waals surface area contributed by atoms with Crippen molar-refractivity contribution in [3.8, 4) is 0 Å². The van der Waals surface area contributed by atoms with E-state index in [-0.39, 0.29) is 31.2 Å². The Labute approximate surface area is 147 Å². The number of benzene rings is 1. The van der Waals surface area contributed by atoms with Crippen LogP contribution in [0.15, 0.2) is 12.1 Å². The Morgan fingerprint density at radius 3 is 2.64 bits per heavy atom. The predicted octanol–water partition coefficient (Wildman–Crippen LogP) is 2.08. The third-order valence-corrected chi connectivity index (χ3v) is 5.68. The first-order valence-electron chi connectivity index (χ1n) is 8.11. The summed E-state index contributed by atoms with van der Waals surface area (Å²) < 4.78 is 37.7. The molecule has 8 heteroatoms. The average molecular weight is 369 g/mol. The van der Waals surface area contributed by atoms with Crippen LogP contribution in [0.1, 0.15) is 30.2 Å². The highest BCUT2D eigenvalue weighted by Crippen LogP contribution is 2.26. The van der Waals surface area contributed by atoms with Crippen molar-refractivity contribution >= 4 is 26.8 Å². The second kappa shape index (κ2) is 7.53. The zero-order valence-corrected chi connectivity index (χ0v) is 15.8. The topological polar surface area (TPSA) is 82.3 Å². The zero-order valence-electron chi connectivity index (χ0n) is 14.9. The molecule has 0 spiro atoms. The minimum absolute atomic E-state index is 0.0476. The first-order valence-corrected chi connectivity index (χ1v) is 9.96. The number of aromatic nitrogens is 1. The van der Waals surface area contributed by atoms with Gasteiger partial charge in [0, 0.05) is 37.6 Å². The molecule has 0 radical (unpaired) electrons. The van der Waals surface area contributed by atoms with Gasteiger partial charge in [0.2, 0.25) is 15.9 Å². The quantitative estimate of drug-likeness (QED) is 0.784. The standard InChI is InChI=1S/C17H24FN3O3S/c1-5-15-11(2)14-9-13(18)8-12(17(14)20-15)10-19-16(22)6-7-21(3)25(4,23)24/h8-9,20H,5-7,10H2,1-4H3,(H,19,22). The smallest absolute Gasteiger partial charge is 0.221 e. The minimum atomic E-state index is -3.31. The Hall–Kier alpha value is -1.93. The molecule has 0 aliphatic heterocycles. The lowest BCUT2D eigenvalue weighted by atomic mass is 10.1. The number of rotatable bonds is 7. The highest BCUT2D eigenvalue weighted by Gasteiger charge is 2.14. The highest BCUT2D eigenvalue weighted by atomic mass is 32.2. The molecule has 0 unspecified atom stereocenters. The average Bonchev–Trinajstić information content (AvgIpc) is 2.85. The summed E-state index contributed by atoms with van der Waals surface area (Å²) in [6.07, 6.45) is 1.95.